The van der Waals surface area contributed by atoms with E-state index in [1.807, 2.05) is 0 Å². The number of nitrogens with two attached hydrogens (primary N) is 1. The molecule has 2 nitrogen and oxygen atoms in total. The predicted octanol–water partition coefficient (Wildman–Crippen LogP) is 0.733. The lowest BCUT2D eigenvalue weighted by atomic mass is 9.93. The van der Waals surface area contributed by atoms with Gasteiger partial charge in [-0.15, -0.1) is 0 Å². The lowest BCUT2D eigenvalue weighted by Crippen LogP contribution is -2.26. The molecule has 1 fully saturated rings. The van der Waals surface area contributed by atoms with Crippen LogP contribution in [-0.2, 0) is 0 Å². The van der Waals surface area contributed by atoms with Crippen molar-refractivity contribution in [2.75, 3.05) is 19.6 Å². The minimum atomic E-state index is -4.05. The average Bonchev–Trinajstić information content (AvgIpc) is 2.31. The molecule has 1 aliphatic heterocycles. The van der Waals surface area contributed by atoms with E-state index in [2.05, 4.69) is 5.32 Å². The van der Waals surface area contributed by atoms with Gasteiger partial charge in [-0.3, -0.25) is 0 Å². The van der Waals surface area contributed by atoms with Crippen LogP contribution in [-0.4, -0.2) is 25.8 Å². The van der Waals surface area contributed by atoms with Crippen molar-refractivity contribution in [1.29, 1.82) is 0 Å². The molecule has 0 radical (unpaired) electrons. The first-order chi connectivity index (χ1) is 5.53. The van der Waals surface area contributed by atoms with Gasteiger partial charge in [-0.2, -0.15) is 13.2 Å². The second-order valence-corrected chi connectivity index (χ2v) is 3.23. The largest absolute Gasteiger partial charge is 0.389 e. The molecule has 0 aromatic rings. The minimum absolute atomic E-state index is 0.00775. The molecule has 0 aromatic heterocycles. The fourth-order valence-corrected chi connectivity index (χ4v) is 1.60. The summed E-state index contributed by atoms with van der Waals surface area (Å²) >= 11 is 0. The van der Waals surface area contributed by atoms with Crippen molar-refractivity contribution >= 4 is 0 Å². The summed E-state index contributed by atoms with van der Waals surface area (Å²) in [6.07, 6.45) is -4.76. The van der Waals surface area contributed by atoms with E-state index in [0.29, 0.717) is 19.6 Å². The van der Waals surface area contributed by atoms with Gasteiger partial charge in [-0.05, 0) is 31.5 Å². The third-order valence-electron chi connectivity index (χ3n) is 2.28. The quantitative estimate of drug-likeness (QED) is 0.660. The second kappa shape index (κ2) is 3.62. The van der Waals surface area contributed by atoms with Crippen LogP contribution < -0.4 is 11.1 Å². The third kappa shape index (κ3) is 2.64. The Balaban J connectivity index is 2.41. The zero-order chi connectivity index (χ0) is 9.19. The number of halogens is 3. The molecule has 0 aromatic carbocycles. The molecular formula is C7H13F3N2. The van der Waals surface area contributed by atoms with Crippen LogP contribution in [0.4, 0.5) is 13.2 Å². The summed E-state index contributed by atoms with van der Waals surface area (Å²) in [6, 6.07) is 0. The summed E-state index contributed by atoms with van der Waals surface area (Å²) < 4.78 is 35.8. The minimum Gasteiger partial charge on any atom is -0.330 e. The van der Waals surface area contributed by atoms with Gasteiger partial charge in [0.25, 0.3) is 0 Å². The molecule has 1 saturated heterocycles. The molecule has 72 valence electrons. The molecule has 0 aliphatic carbocycles. The van der Waals surface area contributed by atoms with Gasteiger partial charge in [0.15, 0.2) is 0 Å². The number of rotatable bonds is 2. The summed E-state index contributed by atoms with van der Waals surface area (Å²) in [7, 11) is 0. The highest BCUT2D eigenvalue weighted by Crippen LogP contribution is 2.30. The van der Waals surface area contributed by atoms with Crippen LogP contribution in [0, 0.1) is 11.8 Å². The van der Waals surface area contributed by atoms with E-state index in [4.69, 9.17) is 5.73 Å². The third-order valence-corrected chi connectivity index (χ3v) is 2.28. The molecule has 1 aliphatic rings. The maximum Gasteiger partial charge on any atom is 0.389 e. The van der Waals surface area contributed by atoms with Crippen LogP contribution in [0.15, 0.2) is 0 Å². The molecule has 0 saturated carbocycles. The van der Waals surface area contributed by atoms with E-state index in [-0.39, 0.29) is 11.8 Å². The smallest absolute Gasteiger partial charge is 0.330 e. The van der Waals surface area contributed by atoms with Gasteiger partial charge < -0.3 is 11.1 Å². The molecule has 2 unspecified atom stereocenters. The Morgan fingerprint density at radius 2 is 1.83 bits per heavy atom. The highest BCUT2D eigenvalue weighted by molar-refractivity contribution is 4.83. The van der Waals surface area contributed by atoms with E-state index in [1.165, 1.54) is 0 Å². The standard InChI is InChI=1S/C7H13F3N2/c8-7(9,10)1-5-3-12-4-6(5)2-11/h5-6,12H,1-4,11H2. The molecule has 5 heteroatoms. The molecule has 0 bridgehead atoms. The van der Waals surface area contributed by atoms with E-state index in [0.717, 1.165) is 0 Å². The normalized spacial score (nSPS) is 31.0. The Kier molecular flexibility index (Phi) is 2.95. The second-order valence-electron chi connectivity index (χ2n) is 3.23. The van der Waals surface area contributed by atoms with Gasteiger partial charge in [0, 0.05) is 6.42 Å². The molecular weight excluding hydrogens is 169 g/mol. The van der Waals surface area contributed by atoms with Crippen molar-refractivity contribution in [2.24, 2.45) is 17.6 Å². The van der Waals surface area contributed by atoms with E-state index >= 15 is 0 Å². The van der Waals surface area contributed by atoms with Crippen molar-refractivity contribution in [3.05, 3.63) is 0 Å². The van der Waals surface area contributed by atoms with Gasteiger partial charge in [0.05, 0.1) is 0 Å². The fraction of sp³-hybridized carbons (Fsp3) is 1.00. The number of alkyl halides is 3. The van der Waals surface area contributed by atoms with Crippen LogP contribution in [0.2, 0.25) is 0 Å². The zero-order valence-electron chi connectivity index (χ0n) is 6.69. The Morgan fingerprint density at radius 1 is 1.25 bits per heavy atom. The molecule has 2 atom stereocenters. The summed E-state index contributed by atoms with van der Waals surface area (Å²) in [5.74, 6) is -0.332. The first-order valence-corrected chi connectivity index (χ1v) is 4.00. The molecule has 0 spiro atoms. The maximum absolute atomic E-state index is 11.9. The van der Waals surface area contributed by atoms with Crippen LogP contribution in [0.25, 0.3) is 0 Å². The van der Waals surface area contributed by atoms with Crippen molar-refractivity contribution in [3.63, 3.8) is 0 Å². The number of hydrogen-bond acceptors (Lipinski definition) is 2. The van der Waals surface area contributed by atoms with E-state index in [9.17, 15) is 13.2 Å². The predicted molar refractivity (Wildman–Crippen MR) is 39.6 cm³/mol. The molecule has 1 heterocycles. The Morgan fingerprint density at radius 3 is 2.33 bits per heavy atom. The van der Waals surface area contributed by atoms with Crippen LogP contribution in [0.5, 0.6) is 0 Å². The Labute approximate surface area is 69.3 Å². The van der Waals surface area contributed by atoms with Crippen molar-refractivity contribution in [1.82, 2.24) is 5.32 Å². The first-order valence-electron chi connectivity index (χ1n) is 4.00. The topological polar surface area (TPSA) is 38.0 Å². The van der Waals surface area contributed by atoms with Crippen molar-refractivity contribution < 1.29 is 13.2 Å². The zero-order valence-corrected chi connectivity index (χ0v) is 6.69. The molecule has 1 rings (SSSR count). The van der Waals surface area contributed by atoms with Gasteiger partial charge in [-0.25, -0.2) is 0 Å². The highest BCUT2D eigenvalue weighted by atomic mass is 19.4. The van der Waals surface area contributed by atoms with Gasteiger partial charge in [-0.1, -0.05) is 0 Å². The lowest BCUT2D eigenvalue weighted by Gasteiger charge is -2.17. The fourth-order valence-electron chi connectivity index (χ4n) is 1.60. The summed E-state index contributed by atoms with van der Waals surface area (Å²) in [5.41, 5.74) is 5.34. The van der Waals surface area contributed by atoms with Crippen LogP contribution in [0.3, 0.4) is 0 Å². The number of hydrogen-bond donors (Lipinski definition) is 2. The highest BCUT2D eigenvalue weighted by Gasteiger charge is 2.37. The average molecular weight is 182 g/mol. The SMILES string of the molecule is NCC1CNCC1CC(F)(F)F. The van der Waals surface area contributed by atoms with Crippen molar-refractivity contribution in [2.45, 2.75) is 12.6 Å². The monoisotopic (exact) mass is 182 g/mol. The van der Waals surface area contributed by atoms with Gasteiger partial charge in [0.1, 0.15) is 0 Å². The summed E-state index contributed by atoms with van der Waals surface area (Å²) in [6.45, 7) is 1.41. The lowest BCUT2D eigenvalue weighted by molar-refractivity contribution is -0.145. The van der Waals surface area contributed by atoms with Crippen LogP contribution in [0.1, 0.15) is 6.42 Å². The van der Waals surface area contributed by atoms with Gasteiger partial charge in [0.2, 0.25) is 0 Å². The first kappa shape index (κ1) is 9.80. The summed E-state index contributed by atoms with van der Waals surface area (Å²) in [4.78, 5) is 0. The molecule has 12 heavy (non-hydrogen) atoms. The Hall–Kier alpha value is -0.290. The van der Waals surface area contributed by atoms with E-state index < -0.39 is 12.6 Å². The van der Waals surface area contributed by atoms with Crippen LogP contribution >= 0.6 is 0 Å². The number of nitrogens with one attached hydrogen (secondary N) is 1. The molecule has 0 amide bonds. The van der Waals surface area contributed by atoms with E-state index in [1.54, 1.807) is 0 Å². The maximum atomic E-state index is 11.9. The van der Waals surface area contributed by atoms with Gasteiger partial charge >= 0.3 is 6.18 Å². The Bertz CT molecular complexity index is 146. The molecule has 3 N–H and O–H groups in total. The summed E-state index contributed by atoms with van der Waals surface area (Å²) in [5, 5.41) is 2.92. The van der Waals surface area contributed by atoms with Crippen molar-refractivity contribution in [3.8, 4) is 0 Å².